The van der Waals surface area contributed by atoms with Crippen molar-refractivity contribution in [2.45, 2.75) is 6.04 Å². The molecule has 0 aromatic carbocycles. The molecule has 2 heterocycles. The minimum Gasteiger partial charge on any atom is -0.320 e. The van der Waals surface area contributed by atoms with Gasteiger partial charge in [-0.15, -0.1) is 0 Å². The van der Waals surface area contributed by atoms with Gasteiger partial charge in [-0.2, -0.15) is 0 Å². The van der Waals surface area contributed by atoms with Gasteiger partial charge in [-0.05, 0) is 17.7 Å². The first-order valence-corrected chi connectivity index (χ1v) is 4.64. The molecule has 2 rings (SSSR count). The second-order valence-corrected chi connectivity index (χ2v) is 3.31. The SMILES string of the molecule is NC(c1cncc(F)c1)c1ccncc1F. The van der Waals surface area contributed by atoms with E-state index in [1.807, 2.05) is 0 Å². The molecule has 16 heavy (non-hydrogen) atoms. The van der Waals surface area contributed by atoms with Crippen LogP contribution < -0.4 is 5.73 Å². The van der Waals surface area contributed by atoms with E-state index in [9.17, 15) is 8.78 Å². The maximum absolute atomic E-state index is 13.4. The third kappa shape index (κ3) is 2.04. The first kappa shape index (κ1) is 10.6. The average Bonchev–Trinajstić information content (AvgIpc) is 2.29. The van der Waals surface area contributed by atoms with E-state index in [1.165, 1.54) is 24.5 Å². The predicted octanol–water partition coefficient (Wildman–Crippen LogP) is 1.80. The molecule has 5 heteroatoms. The van der Waals surface area contributed by atoms with Gasteiger partial charge in [0, 0.05) is 18.0 Å². The van der Waals surface area contributed by atoms with Gasteiger partial charge in [0.05, 0.1) is 18.4 Å². The predicted molar refractivity (Wildman–Crippen MR) is 54.4 cm³/mol. The molecule has 0 aliphatic rings. The highest BCUT2D eigenvalue weighted by molar-refractivity contribution is 5.29. The molecule has 2 N–H and O–H groups in total. The zero-order valence-corrected chi connectivity index (χ0v) is 8.27. The van der Waals surface area contributed by atoms with E-state index in [0.717, 1.165) is 12.4 Å². The third-order valence-corrected chi connectivity index (χ3v) is 2.22. The Kier molecular flexibility index (Phi) is 2.87. The summed E-state index contributed by atoms with van der Waals surface area (Å²) in [6.07, 6.45) is 4.99. The molecule has 1 unspecified atom stereocenters. The Morgan fingerprint density at radius 2 is 1.94 bits per heavy atom. The van der Waals surface area contributed by atoms with E-state index in [-0.39, 0.29) is 5.56 Å². The molecule has 0 saturated carbocycles. The number of hydrogen-bond acceptors (Lipinski definition) is 3. The van der Waals surface area contributed by atoms with Gasteiger partial charge in [-0.25, -0.2) is 8.78 Å². The van der Waals surface area contributed by atoms with Gasteiger partial charge >= 0.3 is 0 Å². The van der Waals surface area contributed by atoms with E-state index >= 15 is 0 Å². The Morgan fingerprint density at radius 1 is 1.12 bits per heavy atom. The molecule has 2 aromatic heterocycles. The molecule has 3 nitrogen and oxygen atoms in total. The van der Waals surface area contributed by atoms with Gasteiger partial charge in [0.2, 0.25) is 0 Å². The first-order valence-electron chi connectivity index (χ1n) is 4.64. The Bertz CT molecular complexity index is 502. The van der Waals surface area contributed by atoms with Crippen molar-refractivity contribution in [3.05, 3.63) is 59.7 Å². The Morgan fingerprint density at radius 3 is 2.62 bits per heavy atom. The largest absolute Gasteiger partial charge is 0.320 e. The summed E-state index contributed by atoms with van der Waals surface area (Å²) >= 11 is 0. The highest BCUT2D eigenvalue weighted by Gasteiger charge is 2.14. The van der Waals surface area contributed by atoms with E-state index in [1.54, 1.807) is 0 Å². The van der Waals surface area contributed by atoms with Crippen LogP contribution in [-0.2, 0) is 0 Å². The van der Waals surface area contributed by atoms with Gasteiger partial charge in [0.1, 0.15) is 11.6 Å². The quantitative estimate of drug-likeness (QED) is 0.841. The fraction of sp³-hybridized carbons (Fsp3) is 0.0909. The lowest BCUT2D eigenvalue weighted by molar-refractivity contribution is 0.588. The summed E-state index contributed by atoms with van der Waals surface area (Å²) in [4.78, 5) is 7.29. The highest BCUT2D eigenvalue weighted by atomic mass is 19.1. The van der Waals surface area contributed by atoms with Crippen LogP contribution in [0.5, 0.6) is 0 Å². The normalized spacial score (nSPS) is 12.4. The lowest BCUT2D eigenvalue weighted by Gasteiger charge is -2.12. The van der Waals surface area contributed by atoms with Crippen LogP contribution in [0.4, 0.5) is 8.78 Å². The average molecular weight is 221 g/mol. The number of nitrogens with two attached hydrogens (primary N) is 1. The number of rotatable bonds is 2. The van der Waals surface area contributed by atoms with Crippen molar-refractivity contribution in [2.75, 3.05) is 0 Å². The molecule has 0 saturated heterocycles. The van der Waals surface area contributed by atoms with Crippen LogP contribution in [0.25, 0.3) is 0 Å². The van der Waals surface area contributed by atoms with E-state index < -0.39 is 17.7 Å². The van der Waals surface area contributed by atoms with Gasteiger partial charge in [-0.3, -0.25) is 9.97 Å². The second kappa shape index (κ2) is 4.32. The van der Waals surface area contributed by atoms with Gasteiger partial charge in [-0.1, -0.05) is 0 Å². The molecule has 2 aromatic rings. The molecule has 0 radical (unpaired) electrons. The first-order chi connectivity index (χ1) is 7.68. The van der Waals surface area contributed by atoms with Crippen LogP contribution in [0.2, 0.25) is 0 Å². The summed E-state index contributed by atoms with van der Waals surface area (Å²) in [6.45, 7) is 0. The molecule has 0 aliphatic carbocycles. The number of hydrogen-bond donors (Lipinski definition) is 1. The van der Waals surface area contributed by atoms with Crippen molar-refractivity contribution in [3.8, 4) is 0 Å². The minimum atomic E-state index is -0.744. The molecule has 0 aliphatic heterocycles. The maximum Gasteiger partial charge on any atom is 0.146 e. The lowest BCUT2D eigenvalue weighted by Crippen LogP contribution is -2.14. The number of aromatic nitrogens is 2. The summed E-state index contributed by atoms with van der Waals surface area (Å²) in [5, 5.41) is 0. The summed E-state index contributed by atoms with van der Waals surface area (Å²) in [6, 6.07) is 1.95. The van der Waals surface area contributed by atoms with Crippen LogP contribution in [0.15, 0.2) is 36.9 Å². The van der Waals surface area contributed by atoms with Crippen molar-refractivity contribution in [2.24, 2.45) is 5.73 Å². The summed E-state index contributed by atoms with van der Waals surface area (Å²) in [5.74, 6) is -1.01. The van der Waals surface area contributed by atoms with Crippen molar-refractivity contribution in [1.29, 1.82) is 0 Å². The van der Waals surface area contributed by atoms with Crippen molar-refractivity contribution in [3.63, 3.8) is 0 Å². The summed E-state index contributed by atoms with van der Waals surface area (Å²) < 4.78 is 26.3. The monoisotopic (exact) mass is 221 g/mol. The van der Waals surface area contributed by atoms with E-state index in [0.29, 0.717) is 5.56 Å². The molecular formula is C11H9F2N3. The van der Waals surface area contributed by atoms with E-state index in [4.69, 9.17) is 5.73 Å². The van der Waals surface area contributed by atoms with Gasteiger partial charge in [0.15, 0.2) is 0 Å². The minimum absolute atomic E-state index is 0.266. The standard InChI is InChI=1S/C11H9F2N3/c12-8-3-7(4-16-5-8)11(14)9-1-2-15-6-10(9)13/h1-6,11H,14H2. The fourth-order valence-corrected chi connectivity index (χ4v) is 1.42. The van der Waals surface area contributed by atoms with Crippen LogP contribution in [0.1, 0.15) is 17.2 Å². The molecule has 82 valence electrons. The fourth-order valence-electron chi connectivity index (χ4n) is 1.42. The topological polar surface area (TPSA) is 51.8 Å². The van der Waals surface area contributed by atoms with Crippen LogP contribution >= 0.6 is 0 Å². The Hall–Kier alpha value is -1.88. The number of pyridine rings is 2. The molecule has 0 fully saturated rings. The van der Waals surface area contributed by atoms with Crippen LogP contribution in [0.3, 0.4) is 0 Å². The van der Waals surface area contributed by atoms with Gasteiger partial charge in [0.25, 0.3) is 0 Å². The zero-order chi connectivity index (χ0) is 11.5. The third-order valence-electron chi connectivity index (χ3n) is 2.22. The lowest BCUT2D eigenvalue weighted by atomic mass is 10.0. The van der Waals surface area contributed by atoms with Crippen LogP contribution in [-0.4, -0.2) is 9.97 Å². The molecular weight excluding hydrogens is 212 g/mol. The number of nitrogens with zero attached hydrogens (tertiary/aromatic N) is 2. The maximum atomic E-state index is 13.4. The second-order valence-electron chi connectivity index (χ2n) is 3.31. The van der Waals surface area contributed by atoms with Crippen LogP contribution in [0, 0.1) is 11.6 Å². The van der Waals surface area contributed by atoms with E-state index in [2.05, 4.69) is 9.97 Å². The molecule has 1 atom stereocenters. The summed E-state index contributed by atoms with van der Waals surface area (Å²) in [5.41, 5.74) is 6.50. The van der Waals surface area contributed by atoms with Gasteiger partial charge < -0.3 is 5.73 Å². The molecule has 0 amide bonds. The van der Waals surface area contributed by atoms with Crippen molar-refractivity contribution < 1.29 is 8.78 Å². The smallest absolute Gasteiger partial charge is 0.146 e. The molecule has 0 spiro atoms. The highest BCUT2D eigenvalue weighted by Crippen LogP contribution is 2.20. The van der Waals surface area contributed by atoms with Crippen molar-refractivity contribution >= 4 is 0 Å². The summed E-state index contributed by atoms with van der Waals surface area (Å²) in [7, 11) is 0. The Labute approximate surface area is 91.0 Å². The zero-order valence-electron chi connectivity index (χ0n) is 8.27. The Balaban J connectivity index is 2.39. The van der Waals surface area contributed by atoms with Crippen molar-refractivity contribution in [1.82, 2.24) is 9.97 Å². The number of halogens is 2. The molecule has 0 bridgehead atoms.